The Morgan fingerprint density at radius 2 is 2.16 bits per heavy atom. The van der Waals surface area contributed by atoms with E-state index in [-0.39, 0.29) is 17.5 Å². The highest BCUT2D eigenvalue weighted by atomic mass is 32.1. The van der Waals surface area contributed by atoms with Crippen LogP contribution in [0.25, 0.3) is 0 Å². The van der Waals surface area contributed by atoms with E-state index in [1.54, 1.807) is 30.5 Å². The topological polar surface area (TPSA) is 81.0 Å². The lowest BCUT2D eigenvalue weighted by molar-refractivity contribution is -0.384. The van der Waals surface area contributed by atoms with Gasteiger partial charge in [0.2, 0.25) is 5.82 Å². The molecular formula is C12H14N4O2S. The monoisotopic (exact) mass is 278 g/mol. The Balaban J connectivity index is 2.27. The van der Waals surface area contributed by atoms with Crippen molar-refractivity contribution in [3.8, 4) is 0 Å². The third-order valence-electron chi connectivity index (χ3n) is 2.57. The molecule has 0 bridgehead atoms. The molecule has 1 unspecified atom stereocenters. The summed E-state index contributed by atoms with van der Waals surface area (Å²) in [4.78, 5) is 20.1. The molecule has 1 atom stereocenters. The second-order valence-corrected chi connectivity index (χ2v) is 5.52. The van der Waals surface area contributed by atoms with Crippen molar-refractivity contribution in [1.29, 1.82) is 0 Å². The predicted octanol–water partition coefficient (Wildman–Crippen LogP) is 3.24. The third-order valence-corrected chi connectivity index (χ3v) is 3.67. The predicted molar refractivity (Wildman–Crippen MR) is 74.5 cm³/mol. The number of nitrogens with one attached hydrogen (secondary N) is 1. The molecule has 2 aromatic heterocycles. The molecule has 0 aromatic carbocycles. The summed E-state index contributed by atoms with van der Waals surface area (Å²) in [6.07, 6.45) is 1.79. The first-order valence-electron chi connectivity index (χ1n) is 5.78. The number of nitrogens with zero attached hydrogens (tertiary/aromatic N) is 3. The Labute approximate surface area is 114 Å². The maximum atomic E-state index is 11.0. The molecule has 2 aromatic rings. The quantitative estimate of drug-likeness (QED) is 0.686. The first-order valence-corrected chi connectivity index (χ1v) is 6.60. The first kappa shape index (κ1) is 13.4. The van der Waals surface area contributed by atoms with E-state index in [1.165, 1.54) is 6.07 Å². The lowest BCUT2D eigenvalue weighted by Gasteiger charge is -2.12. The Morgan fingerprint density at radius 1 is 1.42 bits per heavy atom. The summed E-state index contributed by atoms with van der Waals surface area (Å²) < 4.78 is 0. The lowest BCUT2D eigenvalue weighted by atomic mass is 10.3. The third kappa shape index (κ3) is 3.05. The van der Waals surface area contributed by atoms with Gasteiger partial charge in [0.25, 0.3) is 0 Å². The molecular weight excluding hydrogens is 264 g/mol. The van der Waals surface area contributed by atoms with Crippen molar-refractivity contribution in [2.24, 2.45) is 0 Å². The number of thiazole rings is 1. The van der Waals surface area contributed by atoms with Crippen molar-refractivity contribution in [2.75, 3.05) is 5.32 Å². The molecule has 2 heterocycles. The first-order chi connectivity index (χ1) is 8.97. The molecule has 0 aliphatic heterocycles. The van der Waals surface area contributed by atoms with Crippen molar-refractivity contribution in [2.45, 2.75) is 26.8 Å². The van der Waals surface area contributed by atoms with Crippen LogP contribution in [-0.2, 0) is 0 Å². The second kappa shape index (κ2) is 5.31. The molecule has 2 rings (SSSR count). The van der Waals surface area contributed by atoms with Gasteiger partial charge < -0.3 is 5.32 Å². The van der Waals surface area contributed by atoms with E-state index in [9.17, 15) is 10.1 Å². The van der Waals surface area contributed by atoms with E-state index < -0.39 is 4.92 Å². The van der Waals surface area contributed by atoms with Gasteiger partial charge in [0.15, 0.2) is 0 Å². The van der Waals surface area contributed by atoms with Gasteiger partial charge in [-0.05, 0) is 26.8 Å². The molecule has 19 heavy (non-hydrogen) atoms. The van der Waals surface area contributed by atoms with E-state index in [2.05, 4.69) is 15.3 Å². The minimum atomic E-state index is -0.436. The van der Waals surface area contributed by atoms with Gasteiger partial charge in [-0.15, -0.1) is 11.3 Å². The molecule has 0 fully saturated rings. The molecule has 0 aliphatic rings. The largest absolute Gasteiger partial charge is 0.355 e. The van der Waals surface area contributed by atoms with Crippen molar-refractivity contribution in [3.05, 3.63) is 44.0 Å². The van der Waals surface area contributed by atoms with E-state index in [0.29, 0.717) is 0 Å². The van der Waals surface area contributed by atoms with Crippen molar-refractivity contribution >= 4 is 22.8 Å². The van der Waals surface area contributed by atoms with Crippen LogP contribution in [0.1, 0.15) is 28.5 Å². The van der Waals surface area contributed by atoms with E-state index in [0.717, 1.165) is 15.6 Å². The van der Waals surface area contributed by atoms with Gasteiger partial charge in [-0.3, -0.25) is 10.1 Å². The Kier molecular flexibility index (Phi) is 3.75. The molecule has 100 valence electrons. The number of rotatable bonds is 4. The summed E-state index contributed by atoms with van der Waals surface area (Å²) in [5.74, 6) is 0.283. The van der Waals surface area contributed by atoms with Crippen LogP contribution in [0.3, 0.4) is 0 Å². The van der Waals surface area contributed by atoms with Crippen molar-refractivity contribution in [3.63, 3.8) is 0 Å². The SMILES string of the molecule is Cc1ccc([N+](=O)[O-])c(NC(C)c2ncc(C)s2)n1. The molecule has 0 saturated heterocycles. The zero-order chi connectivity index (χ0) is 14.0. The molecule has 0 aliphatic carbocycles. The average molecular weight is 278 g/mol. The number of hydrogen-bond acceptors (Lipinski definition) is 6. The average Bonchev–Trinajstić information content (AvgIpc) is 2.75. The summed E-state index contributed by atoms with van der Waals surface area (Å²) in [7, 11) is 0. The summed E-state index contributed by atoms with van der Waals surface area (Å²) >= 11 is 1.56. The van der Waals surface area contributed by atoms with E-state index in [1.807, 2.05) is 13.8 Å². The number of anilines is 1. The van der Waals surface area contributed by atoms with Gasteiger partial charge in [-0.25, -0.2) is 9.97 Å². The summed E-state index contributed by atoms with van der Waals surface area (Å²) in [6, 6.07) is 2.97. The Bertz CT molecular complexity index is 612. The zero-order valence-corrected chi connectivity index (χ0v) is 11.7. The molecule has 0 radical (unpaired) electrons. The minimum absolute atomic E-state index is 0.0225. The number of aryl methyl sites for hydroxylation is 2. The maximum absolute atomic E-state index is 11.0. The van der Waals surface area contributed by atoms with Crippen molar-refractivity contribution < 1.29 is 4.92 Å². The Morgan fingerprint density at radius 3 is 2.74 bits per heavy atom. The smallest absolute Gasteiger partial charge is 0.311 e. The summed E-state index contributed by atoms with van der Waals surface area (Å²) in [5, 5.41) is 14.9. The molecule has 0 amide bonds. The van der Waals surface area contributed by atoms with Crippen LogP contribution in [0.2, 0.25) is 0 Å². The van der Waals surface area contributed by atoms with Crippen LogP contribution < -0.4 is 5.32 Å². The van der Waals surface area contributed by atoms with Crippen LogP contribution in [0, 0.1) is 24.0 Å². The standard InChI is InChI=1S/C12H14N4O2S/c1-7-4-5-10(16(17)18)11(14-7)15-9(3)12-13-6-8(2)19-12/h4-6,9H,1-3H3,(H,14,15). The van der Waals surface area contributed by atoms with E-state index in [4.69, 9.17) is 0 Å². The van der Waals surface area contributed by atoms with Gasteiger partial charge in [0.1, 0.15) is 5.01 Å². The zero-order valence-electron chi connectivity index (χ0n) is 10.9. The molecule has 7 heteroatoms. The van der Waals surface area contributed by atoms with Crippen LogP contribution in [0.4, 0.5) is 11.5 Å². The number of pyridine rings is 1. The normalized spacial score (nSPS) is 12.2. The molecule has 1 N–H and O–H groups in total. The van der Waals surface area contributed by atoms with Gasteiger partial charge >= 0.3 is 5.69 Å². The number of aromatic nitrogens is 2. The van der Waals surface area contributed by atoms with Crippen LogP contribution in [0.15, 0.2) is 18.3 Å². The summed E-state index contributed by atoms with van der Waals surface area (Å²) in [5.41, 5.74) is 0.710. The fourth-order valence-corrected chi connectivity index (χ4v) is 2.42. The van der Waals surface area contributed by atoms with Crippen molar-refractivity contribution in [1.82, 2.24) is 9.97 Å². The molecule has 6 nitrogen and oxygen atoms in total. The van der Waals surface area contributed by atoms with Gasteiger partial charge in [-0.2, -0.15) is 0 Å². The second-order valence-electron chi connectivity index (χ2n) is 4.25. The molecule has 0 spiro atoms. The highest BCUT2D eigenvalue weighted by molar-refractivity contribution is 7.11. The lowest BCUT2D eigenvalue weighted by Crippen LogP contribution is -2.10. The fraction of sp³-hybridized carbons (Fsp3) is 0.333. The highest BCUT2D eigenvalue weighted by Gasteiger charge is 2.18. The van der Waals surface area contributed by atoms with Gasteiger partial charge in [-0.1, -0.05) is 0 Å². The molecule has 0 saturated carbocycles. The Hall–Kier alpha value is -2.02. The van der Waals surface area contributed by atoms with Gasteiger partial charge in [0.05, 0.1) is 11.0 Å². The van der Waals surface area contributed by atoms with Gasteiger partial charge in [0, 0.05) is 22.8 Å². The highest BCUT2D eigenvalue weighted by Crippen LogP contribution is 2.27. The summed E-state index contributed by atoms with van der Waals surface area (Å²) in [6.45, 7) is 5.68. The maximum Gasteiger partial charge on any atom is 0.311 e. The number of hydrogen-bond donors (Lipinski definition) is 1. The minimum Gasteiger partial charge on any atom is -0.355 e. The van der Waals surface area contributed by atoms with Crippen LogP contribution >= 0.6 is 11.3 Å². The van der Waals surface area contributed by atoms with E-state index >= 15 is 0 Å². The number of nitro groups is 1. The van der Waals surface area contributed by atoms with Crippen LogP contribution in [-0.4, -0.2) is 14.9 Å². The van der Waals surface area contributed by atoms with Crippen LogP contribution in [0.5, 0.6) is 0 Å². The fourth-order valence-electron chi connectivity index (χ4n) is 1.64.